The molecule has 0 radical (unpaired) electrons. The van der Waals surface area contributed by atoms with Gasteiger partial charge in [-0.15, -0.1) is 0 Å². The smallest absolute Gasteiger partial charge is 0.161 e. The van der Waals surface area contributed by atoms with Crippen LogP contribution < -0.4 is 14.8 Å². The van der Waals surface area contributed by atoms with Crippen LogP contribution in [0.5, 0.6) is 11.5 Å². The zero-order valence-electron chi connectivity index (χ0n) is 9.99. The monoisotopic (exact) mass is 225 g/mol. The Bertz CT molecular complexity index is 326. The summed E-state index contributed by atoms with van der Waals surface area (Å²) in [5, 5.41) is 12.2. The van der Waals surface area contributed by atoms with E-state index in [1.165, 1.54) is 0 Å². The summed E-state index contributed by atoms with van der Waals surface area (Å²) in [4.78, 5) is 0. The lowest BCUT2D eigenvalue weighted by Gasteiger charge is -2.10. The summed E-state index contributed by atoms with van der Waals surface area (Å²) < 4.78 is 10.4. The summed E-state index contributed by atoms with van der Waals surface area (Å²) >= 11 is 0. The van der Waals surface area contributed by atoms with Crippen molar-refractivity contribution in [3.8, 4) is 11.5 Å². The maximum atomic E-state index is 9.11. The van der Waals surface area contributed by atoms with Gasteiger partial charge < -0.3 is 19.9 Å². The van der Waals surface area contributed by atoms with Gasteiger partial charge in [0.1, 0.15) is 0 Å². The molecular formula is C12H19NO3. The Morgan fingerprint density at radius 1 is 1.25 bits per heavy atom. The topological polar surface area (TPSA) is 50.7 Å². The van der Waals surface area contributed by atoms with E-state index in [0.29, 0.717) is 13.1 Å². The molecule has 2 N–H and O–H groups in total. The molecule has 0 bridgehead atoms. The minimum atomic E-state index is -0.333. The molecule has 0 amide bonds. The average Bonchev–Trinajstić information content (AvgIpc) is 2.28. The van der Waals surface area contributed by atoms with Crippen molar-refractivity contribution in [2.45, 2.75) is 19.6 Å². The molecule has 1 rings (SSSR count). The summed E-state index contributed by atoms with van der Waals surface area (Å²) in [5.41, 5.74) is 1.10. The van der Waals surface area contributed by atoms with Crippen LogP contribution in [-0.4, -0.2) is 32.0 Å². The number of hydrogen-bond acceptors (Lipinski definition) is 4. The molecule has 0 fully saturated rings. The van der Waals surface area contributed by atoms with Crippen LogP contribution in [0, 0.1) is 0 Å². The standard InChI is InChI=1S/C12H19NO3/c1-9(14)7-13-8-10-4-5-11(15-2)12(6-10)16-3/h4-6,9,13-14H,7-8H2,1-3H3. The molecule has 0 saturated carbocycles. The van der Waals surface area contributed by atoms with Gasteiger partial charge in [-0.1, -0.05) is 6.07 Å². The Kier molecular flexibility index (Phi) is 5.08. The van der Waals surface area contributed by atoms with Crippen LogP contribution in [0.1, 0.15) is 12.5 Å². The molecule has 1 atom stereocenters. The molecule has 0 aromatic heterocycles. The molecule has 90 valence electrons. The van der Waals surface area contributed by atoms with Crippen molar-refractivity contribution in [1.82, 2.24) is 5.32 Å². The Morgan fingerprint density at radius 3 is 2.50 bits per heavy atom. The molecule has 0 aliphatic heterocycles. The van der Waals surface area contributed by atoms with Crippen molar-refractivity contribution in [3.05, 3.63) is 23.8 Å². The molecule has 0 aliphatic rings. The summed E-state index contributed by atoms with van der Waals surface area (Å²) in [5.74, 6) is 1.45. The van der Waals surface area contributed by atoms with Gasteiger partial charge in [-0.05, 0) is 24.6 Å². The lowest BCUT2D eigenvalue weighted by atomic mass is 10.2. The summed E-state index contributed by atoms with van der Waals surface area (Å²) in [7, 11) is 3.23. The van der Waals surface area contributed by atoms with E-state index >= 15 is 0 Å². The first-order valence-corrected chi connectivity index (χ1v) is 5.27. The molecule has 0 saturated heterocycles. The third-order valence-electron chi connectivity index (χ3n) is 2.22. The first-order chi connectivity index (χ1) is 7.67. The highest BCUT2D eigenvalue weighted by Crippen LogP contribution is 2.27. The van der Waals surface area contributed by atoms with Gasteiger partial charge >= 0.3 is 0 Å². The van der Waals surface area contributed by atoms with Crippen LogP contribution >= 0.6 is 0 Å². The maximum absolute atomic E-state index is 9.11. The highest BCUT2D eigenvalue weighted by atomic mass is 16.5. The number of benzene rings is 1. The Balaban J connectivity index is 2.60. The fourth-order valence-electron chi connectivity index (χ4n) is 1.42. The van der Waals surface area contributed by atoms with Crippen LogP contribution in [0.15, 0.2) is 18.2 Å². The first kappa shape index (κ1) is 12.8. The van der Waals surface area contributed by atoms with E-state index in [2.05, 4.69) is 5.32 Å². The molecule has 0 spiro atoms. The van der Waals surface area contributed by atoms with Crippen LogP contribution in [0.4, 0.5) is 0 Å². The molecule has 0 heterocycles. The Morgan fingerprint density at radius 2 is 1.94 bits per heavy atom. The summed E-state index contributed by atoms with van der Waals surface area (Å²) in [6, 6.07) is 5.77. The van der Waals surface area contributed by atoms with Crippen LogP contribution in [0.3, 0.4) is 0 Å². The number of aliphatic hydroxyl groups excluding tert-OH is 1. The van der Waals surface area contributed by atoms with E-state index < -0.39 is 0 Å². The van der Waals surface area contributed by atoms with Gasteiger partial charge in [0.2, 0.25) is 0 Å². The lowest BCUT2D eigenvalue weighted by Crippen LogP contribution is -2.23. The van der Waals surface area contributed by atoms with Crippen molar-refractivity contribution in [3.63, 3.8) is 0 Å². The predicted molar refractivity (Wildman–Crippen MR) is 62.9 cm³/mol. The maximum Gasteiger partial charge on any atom is 0.161 e. The lowest BCUT2D eigenvalue weighted by molar-refractivity contribution is 0.191. The van der Waals surface area contributed by atoms with Crippen molar-refractivity contribution < 1.29 is 14.6 Å². The van der Waals surface area contributed by atoms with E-state index in [1.807, 2.05) is 18.2 Å². The molecule has 4 heteroatoms. The van der Waals surface area contributed by atoms with Gasteiger partial charge in [-0.2, -0.15) is 0 Å². The van der Waals surface area contributed by atoms with E-state index in [4.69, 9.17) is 14.6 Å². The second-order valence-electron chi connectivity index (χ2n) is 3.67. The first-order valence-electron chi connectivity index (χ1n) is 5.27. The van der Waals surface area contributed by atoms with Crippen molar-refractivity contribution >= 4 is 0 Å². The fraction of sp³-hybridized carbons (Fsp3) is 0.500. The second kappa shape index (κ2) is 6.35. The molecule has 16 heavy (non-hydrogen) atoms. The highest BCUT2D eigenvalue weighted by molar-refractivity contribution is 5.42. The second-order valence-corrected chi connectivity index (χ2v) is 3.67. The Labute approximate surface area is 96.2 Å². The number of rotatable bonds is 6. The number of methoxy groups -OCH3 is 2. The largest absolute Gasteiger partial charge is 0.493 e. The van der Waals surface area contributed by atoms with Crippen LogP contribution in [-0.2, 0) is 6.54 Å². The molecule has 0 aliphatic carbocycles. The number of ether oxygens (including phenoxy) is 2. The average molecular weight is 225 g/mol. The van der Waals surface area contributed by atoms with Gasteiger partial charge in [-0.25, -0.2) is 0 Å². The molecule has 1 aromatic carbocycles. The van der Waals surface area contributed by atoms with Crippen LogP contribution in [0.2, 0.25) is 0 Å². The van der Waals surface area contributed by atoms with E-state index in [9.17, 15) is 0 Å². The van der Waals surface area contributed by atoms with Gasteiger partial charge in [0.25, 0.3) is 0 Å². The molecule has 1 unspecified atom stereocenters. The van der Waals surface area contributed by atoms with E-state index in [1.54, 1.807) is 21.1 Å². The van der Waals surface area contributed by atoms with E-state index in [-0.39, 0.29) is 6.10 Å². The van der Waals surface area contributed by atoms with Crippen LogP contribution in [0.25, 0.3) is 0 Å². The van der Waals surface area contributed by atoms with Crippen molar-refractivity contribution in [2.75, 3.05) is 20.8 Å². The third-order valence-corrected chi connectivity index (χ3v) is 2.22. The minimum absolute atomic E-state index is 0.333. The number of nitrogens with one attached hydrogen (secondary N) is 1. The Hall–Kier alpha value is -1.26. The van der Waals surface area contributed by atoms with Gasteiger partial charge in [0, 0.05) is 13.1 Å². The quantitative estimate of drug-likeness (QED) is 0.763. The fourth-order valence-corrected chi connectivity index (χ4v) is 1.42. The molecular weight excluding hydrogens is 206 g/mol. The van der Waals surface area contributed by atoms with Gasteiger partial charge in [-0.3, -0.25) is 0 Å². The number of hydrogen-bond donors (Lipinski definition) is 2. The third kappa shape index (κ3) is 3.72. The van der Waals surface area contributed by atoms with Gasteiger partial charge in [0.05, 0.1) is 20.3 Å². The van der Waals surface area contributed by atoms with Crippen molar-refractivity contribution in [2.24, 2.45) is 0 Å². The predicted octanol–water partition coefficient (Wildman–Crippen LogP) is 1.17. The normalized spacial score (nSPS) is 12.2. The molecule has 1 aromatic rings. The zero-order chi connectivity index (χ0) is 12.0. The van der Waals surface area contributed by atoms with Gasteiger partial charge in [0.15, 0.2) is 11.5 Å². The minimum Gasteiger partial charge on any atom is -0.493 e. The molecule has 4 nitrogen and oxygen atoms in total. The highest BCUT2D eigenvalue weighted by Gasteiger charge is 2.04. The number of aliphatic hydroxyl groups is 1. The SMILES string of the molecule is COc1ccc(CNCC(C)O)cc1OC. The van der Waals surface area contributed by atoms with E-state index in [0.717, 1.165) is 17.1 Å². The summed E-state index contributed by atoms with van der Waals surface area (Å²) in [6.45, 7) is 3.03. The van der Waals surface area contributed by atoms with Crippen molar-refractivity contribution in [1.29, 1.82) is 0 Å². The zero-order valence-corrected chi connectivity index (χ0v) is 9.99. The summed E-state index contributed by atoms with van der Waals surface area (Å²) in [6.07, 6.45) is -0.333.